The average Bonchev–Trinajstić information content (AvgIpc) is 3.07. The molecule has 1 saturated heterocycles. The van der Waals surface area contributed by atoms with Gasteiger partial charge in [-0.3, -0.25) is 4.79 Å². The number of ether oxygens (including phenoxy) is 1. The lowest BCUT2D eigenvalue weighted by molar-refractivity contribution is 0.0920. The molecule has 5 nitrogen and oxygen atoms in total. The van der Waals surface area contributed by atoms with E-state index >= 15 is 0 Å². The SMILES string of the molecule is CC(CO)C(C)NC(=O)c1cnc(C2CCCO2)s1. The summed E-state index contributed by atoms with van der Waals surface area (Å²) in [7, 11) is 0. The highest BCUT2D eigenvalue weighted by atomic mass is 32.1. The van der Waals surface area contributed by atoms with Crippen LogP contribution in [0, 0.1) is 5.92 Å². The molecule has 0 aromatic carbocycles. The molecule has 0 spiro atoms. The van der Waals surface area contributed by atoms with Gasteiger partial charge in [0.25, 0.3) is 5.91 Å². The second-order valence-corrected chi connectivity index (χ2v) is 6.05. The standard InChI is InChI=1S/C13H20N2O3S/c1-8(7-16)9(2)15-12(17)11-6-14-13(19-11)10-4-3-5-18-10/h6,8-10,16H,3-5,7H2,1-2H3,(H,15,17). The van der Waals surface area contributed by atoms with Gasteiger partial charge in [0.2, 0.25) is 0 Å². The van der Waals surface area contributed by atoms with Crippen LogP contribution in [0.5, 0.6) is 0 Å². The van der Waals surface area contributed by atoms with Gasteiger partial charge >= 0.3 is 0 Å². The van der Waals surface area contributed by atoms with Crippen molar-refractivity contribution in [3.8, 4) is 0 Å². The fourth-order valence-corrected chi connectivity index (χ4v) is 2.80. The first-order chi connectivity index (χ1) is 9.11. The number of rotatable bonds is 5. The van der Waals surface area contributed by atoms with E-state index in [0.717, 1.165) is 24.5 Å². The van der Waals surface area contributed by atoms with Crippen LogP contribution in [0.2, 0.25) is 0 Å². The molecule has 6 heteroatoms. The summed E-state index contributed by atoms with van der Waals surface area (Å²) in [4.78, 5) is 16.9. The van der Waals surface area contributed by atoms with Gasteiger partial charge in [-0.15, -0.1) is 11.3 Å². The van der Waals surface area contributed by atoms with Gasteiger partial charge in [0.05, 0.1) is 6.20 Å². The Hall–Kier alpha value is -0.980. The van der Waals surface area contributed by atoms with Crippen molar-refractivity contribution < 1.29 is 14.6 Å². The molecule has 1 aromatic rings. The molecule has 2 rings (SSSR count). The van der Waals surface area contributed by atoms with Crippen LogP contribution in [0.4, 0.5) is 0 Å². The molecule has 1 aliphatic rings. The van der Waals surface area contributed by atoms with E-state index in [0.29, 0.717) is 4.88 Å². The van der Waals surface area contributed by atoms with E-state index in [1.165, 1.54) is 11.3 Å². The van der Waals surface area contributed by atoms with Crippen molar-refractivity contribution in [2.75, 3.05) is 13.2 Å². The van der Waals surface area contributed by atoms with E-state index in [1.807, 2.05) is 13.8 Å². The van der Waals surface area contributed by atoms with E-state index in [-0.39, 0.29) is 30.6 Å². The summed E-state index contributed by atoms with van der Waals surface area (Å²) in [5.41, 5.74) is 0. The highest BCUT2D eigenvalue weighted by molar-refractivity contribution is 7.13. The summed E-state index contributed by atoms with van der Waals surface area (Å²) in [6.07, 6.45) is 3.69. The molecule has 3 unspecified atom stereocenters. The van der Waals surface area contributed by atoms with Crippen LogP contribution < -0.4 is 5.32 Å². The van der Waals surface area contributed by atoms with Crippen molar-refractivity contribution in [2.24, 2.45) is 5.92 Å². The number of amides is 1. The minimum absolute atomic E-state index is 0.0366. The Balaban J connectivity index is 1.96. The van der Waals surface area contributed by atoms with Gasteiger partial charge in [0.1, 0.15) is 16.0 Å². The number of carbonyl (C=O) groups excluding carboxylic acids is 1. The summed E-state index contributed by atoms with van der Waals surface area (Å²) in [5, 5.41) is 12.8. The molecule has 1 aromatic heterocycles. The molecule has 0 bridgehead atoms. The Bertz CT molecular complexity index is 429. The van der Waals surface area contributed by atoms with Gasteiger partial charge in [-0.1, -0.05) is 6.92 Å². The normalized spacial score (nSPS) is 22.2. The van der Waals surface area contributed by atoms with Crippen molar-refractivity contribution in [3.05, 3.63) is 16.1 Å². The second-order valence-electron chi connectivity index (χ2n) is 4.99. The zero-order valence-corrected chi connectivity index (χ0v) is 12.1. The number of aliphatic hydroxyl groups excluding tert-OH is 1. The van der Waals surface area contributed by atoms with Crippen LogP contribution in [0.15, 0.2) is 6.20 Å². The van der Waals surface area contributed by atoms with E-state index in [4.69, 9.17) is 9.84 Å². The topological polar surface area (TPSA) is 71.5 Å². The molecule has 2 N–H and O–H groups in total. The Morgan fingerprint density at radius 3 is 3.11 bits per heavy atom. The van der Waals surface area contributed by atoms with E-state index < -0.39 is 0 Å². The molecule has 106 valence electrons. The van der Waals surface area contributed by atoms with Gasteiger partial charge in [0, 0.05) is 19.3 Å². The molecule has 19 heavy (non-hydrogen) atoms. The first-order valence-corrected chi connectivity index (χ1v) is 7.42. The van der Waals surface area contributed by atoms with E-state index in [1.54, 1.807) is 6.20 Å². The molecule has 0 aliphatic carbocycles. The van der Waals surface area contributed by atoms with Crippen molar-refractivity contribution in [2.45, 2.75) is 38.8 Å². The summed E-state index contributed by atoms with van der Waals surface area (Å²) in [6, 6.07) is -0.0641. The predicted octanol–water partition coefficient (Wildman–Crippen LogP) is 1.74. The third-order valence-electron chi connectivity index (χ3n) is 3.45. The third kappa shape index (κ3) is 3.52. The number of hydrogen-bond acceptors (Lipinski definition) is 5. The highest BCUT2D eigenvalue weighted by Crippen LogP contribution is 2.31. The largest absolute Gasteiger partial charge is 0.396 e. The van der Waals surface area contributed by atoms with Gasteiger partial charge in [-0.25, -0.2) is 4.98 Å². The Kier molecular flexibility index (Phi) is 4.90. The lowest BCUT2D eigenvalue weighted by atomic mass is 10.1. The number of carbonyl (C=O) groups is 1. The number of nitrogens with zero attached hydrogens (tertiary/aromatic N) is 1. The van der Waals surface area contributed by atoms with Crippen LogP contribution in [-0.2, 0) is 4.74 Å². The maximum absolute atomic E-state index is 12.0. The van der Waals surface area contributed by atoms with Gasteiger partial charge in [-0.2, -0.15) is 0 Å². The van der Waals surface area contributed by atoms with Crippen LogP contribution in [-0.4, -0.2) is 35.3 Å². The first kappa shape index (κ1) is 14.4. The van der Waals surface area contributed by atoms with E-state index in [2.05, 4.69) is 10.3 Å². The Morgan fingerprint density at radius 1 is 1.68 bits per heavy atom. The molecule has 1 amide bonds. The number of aromatic nitrogens is 1. The van der Waals surface area contributed by atoms with Crippen LogP contribution in [0.3, 0.4) is 0 Å². The van der Waals surface area contributed by atoms with Gasteiger partial charge in [0.15, 0.2) is 0 Å². The van der Waals surface area contributed by atoms with Gasteiger partial charge < -0.3 is 15.2 Å². The molecule has 3 atom stereocenters. The van der Waals surface area contributed by atoms with Gasteiger partial charge in [-0.05, 0) is 25.7 Å². The molecule has 0 saturated carbocycles. The Labute approximate surface area is 117 Å². The van der Waals surface area contributed by atoms with Crippen molar-refractivity contribution >= 4 is 17.2 Å². The number of nitrogens with one attached hydrogen (secondary N) is 1. The highest BCUT2D eigenvalue weighted by Gasteiger charge is 2.23. The number of thiazole rings is 1. The predicted molar refractivity (Wildman–Crippen MR) is 73.2 cm³/mol. The molecule has 1 fully saturated rings. The summed E-state index contributed by atoms with van der Waals surface area (Å²) >= 11 is 1.39. The summed E-state index contributed by atoms with van der Waals surface area (Å²) in [6.45, 7) is 4.62. The van der Waals surface area contributed by atoms with Crippen LogP contribution in [0.1, 0.15) is 47.5 Å². The van der Waals surface area contributed by atoms with Crippen molar-refractivity contribution in [1.29, 1.82) is 0 Å². The van der Waals surface area contributed by atoms with Crippen molar-refractivity contribution in [3.63, 3.8) is 0 Å². The lowest BCUT2D eigenvalue weighted by Gasteiger charge is -2.18. The zero-order valence-electron chi connectivity index (χ0n) is 11.3. The number of aliphatic hydroxyl groups is 1. The fraction of sp³-hybridized carbons (Fsp3) is 0.692. The van der Waals surface area contributed by atoms with Crippen LogP contribution >= 0.6 is 11.3 Å². The fourth-order valence-electron chi connectivity index (χ4n) is 1.89. The molecular formula is C13H20N2O3S. The zero-order chi connectivity index (χ0) is 13.8. The lowest BCUT2D eigenvalue weighted by Crippen LogP contribution is -2.38. The summed E-state index contributed by atoms with van der Waals surface area (Å²) in [5.74, 6) is -0.0935. The Morgan fingerprint density at radius 2 is 2.47 bits per heavy atom. The van der Waals surface area contributed by atoms with Crippen LogP contribution in [0.25, 0.3) is 0 Å². The smallest absolute Gasteiger partial charge is 0.263 e. The molecule has 2 heterocycles. The third-order valence-corrected chi connectivity index (χ3v) is 4.54. The van der Waals surface area contributed by atoms with Crippen molar-refractivity contribution in [1.82, 2.24) is 10.3 Å². The first-order valence-electron chi connectivity index (χ1n) is 6.61. The molecular weight excluding hydrogens is 264 g/mol. The molecule has 1 aliphatic heterocycles. The van der Waals surface area contributed by atoms with E-state index in [9.17, 15) is 4.79 Å². The maximum Gasteiger partial charge on any atom is 0.263 e. The summed E-state index contributed by atoms with van der Waals surface area (Å²) < 4.78 is 5.55. The average molecular weight is 284 g/mol. The quantitative estimate of drug-likeness (QED) is 0.864. The monoisotopic (exact) mass is 284 g/mol. The molecule has 0 radical (unpaired) electrons. The number of hydrogen-bond donors (Lipinski definition) is 2. The minimum atomic E-state index is -0.130. The maximum atomic E-state index is 12.0. The minimum Gasteiger partial charge on any atom is -0.396 e. The second kappa shape index (κ2) is 6.45.